The van der Waals surface area contributed by atoms with Crippen LogP contribution in [0, 0.1) is 0 Å². The molecular formula is C12H16N4S. The van der Waals surface area contributed by atoms with Gasteiger partial charge in [-0.25, -0.2) is 10.8 Å². The number of hydrogen-bond acceptors (Lipinski definition) is 5. The summed E-state index contributed by atoms with van der Waals surface area (Å²) in [5, 5.41) is 2.10. The van der Waals surface area contributed by atoms with Gasteiger partial charge in [0.2, 0.25) is 0 Å². The van der Waals surface area contributed by atoms with E-state index in [2.05, 4.69) is 39.9 Å². The van der Waals surface area contributed by atoms with Gasteiger partial charge in [0.1, 0.15) is 5.82 Å². The van der Waals surface area contributed by atoms with Crippen molar-refractivity contribution in [3.8, 4) is 0 Å². The highest BCUT2D eigenvalue weighted by atomic mass is 32.1. The molecule has 0 aliphatic heterocycles. The van der Waals surface area contributed by atoms with E-state index in [4.69, 9.17) is 5.84 Å². The first kappa shape index (κ1) is 12.0. The van der Waals surface area contributed by atoms with Crippen LogP contribution in [0.5, 0.6) is 0 Å². The lowest BCUT2D eigenvalue weighted by atomic mass is 10.2. The van der Waals surface area contributed by atoms with Crippen LogP contribution >= 0.6 is 11.3 Å². The standard InChI is InChI=1S/C12H16N4S/c1-16(9-11-3-2-6-17-11)8-10-4-5-12(15-13)14-7-10/h2-7H,8-9,13H2,1H3,(H,14,15). The molecule has 0 amide bonds. The summed E-state index contributed by atoms with van der Waals surface area (Å²) >= 11 is 1.78. The maximum atomic E-state index is 5.27. The Morgan fingerprint density at radius 2 is 2.24 bits per heavy atom. The van der Waals surface area contributed by atoms with Crippen molar-refractivity contribution in [1.29, 1.82) is 0 Å². The molecule has 0 saturated carbocycles. The molecule has 90 valence electrons. The van der Waals surface area contributed by atoms with Crippen molar-refractivity contribution in [3.63, 3.8) is 0 Å². The minimum absolute atomic E-state index is 0.689. The number of anilines is 1. The smallest absolute Gasteiger partial charge is 0.139 e. The van der Waals surface area contributed by atoms with Gasteiger partial charge in [-0.05, 0) is 30.1 Å². The fraction of sp³-hybridized carbons (Fsp3) is 0.250. The molecule has 0 fully saturated rings. The molecule has 3 N–H and O–H groups in total. The van der Waals surface area contributed by atoms with E-state index in [-0.39, 0.29) is 0 Å². The van der Waals surface area contributed by atoms with E-state index in [1.54, 1.807) is 11.3 Å². The minimum Gasteiger partial charge on any atom is -0.308 e. The van der Waals surface area contributed by atoms with Gasteiger partial charge < -0.3 is 5.43 Å². The minimum atomic E-state index is 0.689. The molecule has 0 atom stereocenters. The summed E-state index contributed by atoms with van der Waals surface area (Å²) < 4.78 is 0. The Morgan fingerprint density at radius 3 is 2.82 bits per heavy atom. The van der Waals surface area contributed by atoms with Gasteiger partial charge in [0.15, 0.2) is 0 Å². The number of rotatable bonds is 5. The second-order valence-corrected chi connectivity index (χ2v) is 4.98. The van der Waals surface area contributed by atoms with Gasteiger partial charge in [-0.3, -0.25) is 4.90 Å². The number of nitrogens with two attached hydrogens (primary N) is 1. The third-order valence-corrected chi connectivity index (χ3v) is 3.29. The van der Waals surface area contributed by atoms with Gasteiger partial charge in [-0.2, -0.15) is 0 Å². The monoisotopic (exact) mass is 248 g/mol. The molecule has 4 nitrogen and oxygen atoms in total. The first-order valence-corrected chi connectivity index (χ1v) is 6.28. The van der Waals surface area contributed by atoms with E-state index >= 15 is 0 Å². The van der Waals surface area contributed by atoms with Crippen molar-refractivity contribution in [3.05, 3.63) is 46.3 Å². The van der Waals surface area contributed by atoms with Crippen LogP contribution in [0.15, 0.2) is 35.8 Å². The zero-order valence-corrected chi connectivity index (χ0v) is 10.6. The molecule has 2 aromatic heterocycles. The first-order valence-electron chi connectivity index (χ1n) is 5.40. The number of nitrogens with one attached hydrogen (secondary N) is 1. The van der Waals surface area contributed by atoms with Crippen LogP contribution in [0.2, 0.25) is 0 Å². The Balaban J connectivity index is 1.91. The van der Waals surface area contributed by atoms with Crippen molar-refractivity contribution >= 4 is 17.2 Å². The Labute approximate surface area is 105 Å². The van der Waals surface area contributed by atoms with Crippen LogP contribution in [0.1, 0.15) is 10.4 Å². The lowest BCUT2D eigenvalue weighted by Crippen LogP contribution is -2.17. The number of nitrogens with zero attached hydrogens (tertiary/aromatic N) is 2. The summed E-state index contributed by atoms with van der Waals surface area (Å²) in [4.78, 5) is 7.83. The lowest BCUT2D eigenvalue weighted by molar-refractivity contribution is 0.321. The number of aromatic nitrogens is 1. The third-order valence-electron chi connectivity index (χ3n) is 2.43. The summed E-state index contributed by atoms with van der Waals surface area (Å²) in [6.45, 7) is 1.85. The Hall–Kier alpha value is -1.43. The van der Waals surface area contributed by atoms with E-state index in [0.29, 0.717) is 5.82 Å². The number of nitrogen functional groups attached to an aromatic ring is 1. The summed E-state index contributed by atoms with van der Waals surface area (Å²) in [5.41, 5.74) is 3.70. The van der Waals surface area contributed by atoms with Crippen LogP contribution in [-0.2, 0) is 13.1 Å². The van der Waals surface area contributed by atoms with Crippen LogP contribution in [0.4, 0.5) is 5.82 Å². The predicted molar refractivity (Wildman–Crippen MR) is 71.5 cm³/mol. The van der Waals surface area contributed by atoms with Crippen molar-refractivity contribution in [1.82, 2.24) is 9.88 Å². The second kappa shape index (κ2) is 5.77. The van der Waals surface area contributed by atoms with Gasteiger partial charge in [0.25, 0.3) is 0 Å². The molecule has 2 rings (SSSR count). The molecule has 0 aliphatic rings. The Bertz CT molecular complexity index is 438. The quantitative estimate of drug-likeness (QED) is 0.628. The number of thiophene rings is 1. The molecule has 17 heavy (non-hydrogen) atoms. The molecule has 0 unspecified atom stereocenters. The number of hydrazine groups is 1. The molecule has 0 aromatic carbocycles. The number of pyridine rings is 1. The van der Waals surface area contributed by atoms with Gasteiger partial charge in [0.05, 0.1) is 0 Å². The summed E-state index contributed by atoms with van der Waals surface area (Å²) in [5.74, 6) is 5.96. The van der Waals surface area contributed by atoms with Crippen molar-refractivity contribution in [2.75, 3.05) is 12.5 Å². The largest absolute Gasteiger partial charge is 0.308 e. The average molecular weight is 248 g/mol. The molecule has 0 radical (unpaired) electrons. The predicted octanol–water partition coefficient (Wildman–Crippen LogP) is 2.06. The maximum Gasteiger partial charge on any atom is 0.139 e. The molecule has 0 saturated heterocycles. The SMILES string of the molecule is CN(Cc1ccc(NN)nc1)Cc1cccs1. The number of hydrogen-bond donors (Lipinski definition) is 2. The van der Waals surface area contributed by atoms with Crippen molar-refractivity contribution in [2.24, 2.45) is 5.84 Å². The van der Waals surface area contributed by atoms with Crippen molar-refractivity contribution < 1.29 is 0 Å². The highest BCUT2D eigenvalue weighted by molar-refractivity contribution is 7.09. The van der Waals surface area contributed by atoms with Gasteiger partial charge >= 0.3 is 0 Å². The topological polar surface area (TPSA) is 54.2 Å². The summed E-state index contributed by atoms with van der Waals surface area (Å²) in [6.07, 6.45) is 1.85. The Morgan fingerprint density at radius 1 is 1.35 bits per heavy atom. The second-order valence-electron chi connectivity index (χ2n) is 3.95. The molecule has 2 heterocycles. The third kappa shape index (κ3) is 3.52. The highest BCUT2D eigenvalue weighted by Crippen LogP contribution is 2.13. The summed E-state index contributed by atoms with van der Waals surface area (Å²) in [6, 6.07) is 8.15. The van der Waals surface area contributed by atoms with Crippen LogP contribution in [-0.4, -0.2) is 16.9 Å². The fourth-order valence-corrected chi connectivity index (χ4v) is 2.42. The highest BCUT2D eigenvalue weighted by Gasteiger charge is 2.03. The van der Waals surface area contributed by atoms with Crippen LogP contribution in [0.25, 0.3) is 0 Å². The van der Waals surface area contributed by atoms with Crippen LogP contribution < -0.4 is 11.3 Å². The van der Waals surface area contributed by atoms with Crippen LogP contribution in [0.3, 0.4) is 0 Å². The molecule has 0 spiro atoms. The normalized spacial score (nSPS) is 10.8. The molecular weight excluding hydrogens is 232 g/mol. The average Bonchev–Trinajstić information content (AvgIpc) is 2.82. The Kier molecular flexibility index (Phi) is 4.08. The zero-order chi connectivity index (χ0) is 12.1. The van der Waals surface area contributed by atoms with E-state index in [9.17, 15) is 0 Å². The van der Waals surface area contributed by atoms with Gasteiger partial charge in [0, 0.05) is 24.2 Å². The van der Waals surface area contributed by atoms with E-state index < -0.39 is 0 Å². The molecule has 0 aliphatic carbocycles. The first-order chi connectivity index (χ1) is 8.28. The molecule has 5 heteroatoms. The van der Waals surface area contributed by atoms with Gasteiger partial charge in [-0.1, -0.05) is 12.1 Å². The maximum absolute atomic E-state index is 5.27. The zero-order valence-electron chi connectivity index (χ0n) is 9.76. The molecule has 0 bridgehead atoms. The fourth-order valence-electron chi connectivity index (χ4n) is 1.64. The lowest BCUT2D eigenvalue weighted by Gasteiger charge is -2.15. The summed E-state index contributed by atoms with van der Waals surface area (Å²) in [7, 11) is 2.11. The van der Waals surface area contributed by atoms with E-state index in [1.807, 2.05) is 18.3 Å². The van der Waals surface area contributed by atoms with Crippen molar-refractivity contribution in [2.45, 2.75) is 13.1 Å². The van der Waals surface area contributed by atoms with E-state index in [0.717, 1.165) is 13.1 Å². The van der Waals surface area contributed by atoms with Gasteiger partial charge in [-0.15, -0.1) is 11.3 Å². The van der Waals surface area contributed by atoms with E-state index in [1.165, 1.54) is 10.4 Å². The molecule has 2 aromatic rings.